The molecule has 0 aliphatic carbocycles. The number of esters is 1. The van der Waals surface area contributed by atoms with E-state index in [1.165, 1.54) is 48.4 Å². The van der Waals surface area contributed by atoms with E-state index >= 15 is 0 Å². The second-order valence-corrected chi connectivity index (χ2v) is 22.7. The van der Waals surface area contributed by atoms with Crippen molar-refractivity contribution in [3.63, 3.8) is 0 Å². The molecule has 2 aliphatic rings. The highest BCUT2D eigenvalue weighted by Crippen LogP contribution is 2.44. The molecule has 3 heterocycles. The van der Waals surface area contributed by atoms with Gasteiger partial charge in [-0.1, -0.05) is 204 Å². The number of nitrogens with zero attached hydrogens (tertiary/aromatic N) is 4. The molecule has 2 aliphatic heterocycles. The van der Waals surface area contributed by atoms with Crippen LogP contribution in [0.25, 0.3) is 0 Å². The topological polar surface area (TPSA) is 187 Å². The number of anilines is 1. The van der Waals surface area contributed by atoms with Gasteiger partial charge in [0, 0.05) is 27.8 Å². The van der Waals surface area contributed by atoms with Crippen LogP contribution < -0.4 is 15.4 Å². The fraction of sp³-hybridized carbons (Fsp3) is 0.161. The van der Waals surface area contributed by atoms with Gasteiger partial charge in [0.2, 0.25) is 5.60 Å². The summed E-state index contributed by atoms with van der Waals surface area (Å²) in [5.41, 5.74) is 3.51. The molecule has 80 heavy (non-hydrogen) atoms. The molecule has 404 valence electrons. The molecule has 2 atom stereocenters. The minimum Gasteiger partial charge on any atom is -0.497 e. The van der Waals surface area contributed by atoms with Crippen molar-refractivity contribution in [2.45, 2.75) is 29.2 Å². The number of carbonyl (C=O) groups excluding carboxylic acids is 3. The smallest absolute Gasteiger partial charge is 0.355 e. The van der Waals surface area contributed by atoms with E-state index in [4.69, 9.17) is 24.1 Å². The molecule has 1 aromatic heterocycles. The minimum atomic E-state index is -4.08. The summed E-state index contributed by atoms with van der Waals surface area (Å²) in [7, 11) is -1.24. The van der Waals surface area contributed by atoms with Crippen molar-refractivity contribution in [3.05, 3.63) is 268 Å². The Balaban J connectivity index is 0.895. The number of oxime groups is 2. The average Bonchev–Trinajstić information content (AvgIpc) is 4.12. The number of aromatic nitrogens is 1. The molecular formula is C62H54N6O9S3. The highest BCUT2D eigenvalue weighted by molar-refractivity contribution is 8.00. The van der Waals surface area contributed by atoms with Gasteiger partial charge in [-0.25, -0.2) is 18.2 Å². The number of β-lactam (4-membered cyclic amide) rings is 1. The normalized spacial score (nSPS) is 15.6. The Morgan fingerprint density at radius 1 is 0.713 bits per heavy atom. The molecule has 2 amide bonds. The largest absolute Gasteiger partial charge is 0.497 e. The molecule has 15 nitrogen and oxygen atoms in total. The lowest BCUT2D eigenvalue weighted by Crippen LogP contribution is -2.71. The Kier molecular flexibility index (Phi) is 16.7. The maximum Gasteiger partial charge on any atom is 0.355 e. The number of nitrogens with one attached hydrogen (secondary N) is 2. The number of sulfone groups is 1. The van der Waals surface area contributed by atoms with Gasteiger partial charge in [0.15, 0.2) is 20.7 Å². The predicted molar refractivity (Wildman–Crippen MR) is 311 cm³/mol. The Labute approximate surface area is 471 Å². The van der Waals surface area contributed by atoms with Crippen LogP contribution in [-0.2, 0) is 56.4 Å². The summed E-state index contributed by atoms with van der Waals surface area (Å²) < 4.78 is 39.4. The van der Waals surface area contributed by atoms with Crippen molar-refractivity contribution in [3.8, 4) is 5.75 Å². The molecule has 1 unspecified atom stereocenters. The second-order valence-electron chi connectivity index (χ2n) is 18.6. The Bertz CT molecular complexity index is 3460. The number of rotatable bonds is 22. The lowest BCUT2D eigenvalue weighted by atomic mass is 9.77. The molecule has 2 N–H and O–H groups in total. The van der Waals surface area contributed by atoms with Crippen LogP contribution in [0.3, 0.4) is 0 Å². The Hall–Kier alpha value is -8.84. The number of ether oxygens (including phenoxy) is 2. The van der Waals surface area contributed by atoms with Crippen molar-refractivity contribution < 1.29 is 42.0 Å². The monoisotopic (exact) mass is 1120 g/mol. The standard InChI is InChI=1S/C62H54N6O9S3/c1-74-51-35-33-43(34-36-51)39-76-59(71)55-44(42-80(72,73)38-37-63-77-62(48-27-15-6-16-28-48,49-29-17-7-18-30-49)50-31-19-8-20-32-50)40-78-58-54(57(70)68(55)58)65-56(69)53(67-75-2)52-41-79-60(64-52)66-61(45-21-9-3-10-22-45,46-23-11-4-12-24-46)47-25-13-5-14-26-47/h3-37,41,54,58H,38-40,42H2,1-2H3,(H,64,66)(H,65,69)/b63-37?,67-53-/t54?,58-/m1/s1. The van der Waals surface area contributed by atoms with E-state index in [0.29, 0.717) is 16.4 Å². The summed E-state index contributed by atoms with van der Waals surface area (Å²) in [6.45, 7) is -0.188. The van der Waals surface area contributed by atoms with Crippen LogP contribution in [0.4, 0.5) is 5.13 Å². The van der Waals surface area contributed by atoms with E-state index in [1.54, 1.807) is 29.6 Å². The number of carbonyl (C=O) groups is 3. The molecule has 1 saturated heterocycles. The third kappa shape index (κ3) is 11.4. The molecule has 10 rings (SSSR count). The zero-order valence-corrected chi connectivity index (χ0v) is 45.9. The van der Waals surface area contributed by atoms with Crippen LogP contribution >= 0.6 is 23.1 Å². The quantitative estimate of drug-likeness (QED) is 0.0215. The number of methoxy groups -OCH3 is 1. The highest BCUT2D eigenvalue weighted by Gasteiger charge is 2.55. The van der Waals surface area contributed by atoms with Crippen LogP contribution in [0, 0.1) is 0 Å². The van der Waals surface area contributed by atoms with E-state index in [1.807, 2.05) is 182 Å². The van der Waals surface area contributed by atoms with Gasteiger partial charge >= 0.3 is 5.97 Å². The number of thioether (sulfide) groups is 1. The molecule has 1 fully saturated rings. The van der Waals surface area contributed by atoms with Gasteiger partial charge in [-0.15, -0.1) is 23.1 Å². The Morgan fingerprint density at radius 2 is 1.21 bits per heavy atom. The summed E-state index contributed by atoms with van der Waals surface area (Å²) in [4.78, 5) is 60.7. The van der Waals surface area contributed by atoms with Gasteiger partial charge in [-0.3, -0.25) is 14.5 Å². The van der Waals surface area contributed by atoms with E-state index in [9.17, 15) is 22.8 Å². The lowest BCUT2D eigenvalue weighted by Gasteiger charge is -2.49. The van der Waals surface area contributed by atoms with Gasteiger partial charge in [-0.2, -0.15) is 0 Å². The van der Waals surface area contributed by atoms with Gasteiger partial charge in [0.25, 0.3) is 11.8 Å². The van der Waals surface area contributed by atoms with E-state index in [0.717, 1.165) is 33.4 Å². The summed E-state index contributed by atoms with van der Waals surface area (Å²) in [6.07, 6.45) is 1.19. The van der Waals surface area contributed by atoms with E-state index in [2.05, 4.69) is 20.9 Å². The molecule has 7 aromatic carbocycles. The molecule has 0 spiro atoms. The number of hydrogen-bond acceptors (Lipinski definition) is 15. The SMILES string of the molecule is CO/N=C(\C(=O)NC1C(=O)N2C(C(=O)OCc3ccc(OC)cc3)=C(CS(=O)(=O)CC=NOC(c3ccccc3)(c3ccccc3)c3ccccc3)CS[C@H]12)c1csc(NC(c2ccccc2)(c2ccccc2)c2ccccc2)n1. The fourth-order valence-electron chi connectivity index (χ4n) is 9.87. The first-order valence-electron chi connectivity index (χ1n) is 25.4. The summed E-state index contributed by atoms with van der Waals surface area (Å²) in [5.74, 6) is -2.91. The van der Waals surface area contributed by atoms with Crippen LogP contribution in [-0.4, -0.2) is 90.9 Å². The number of thiazole rings is 1. The van der Waals surface area contributed by atoms with Crippen LogP contribution in [0.15, 0.2) is 233 Å². The first kappa shape index (κ1) is 54.5. The lowest BCUT2D eigenvalue weighted by molar-refractivity contribution is -0.153. The predicted octanol–water partition coefficient (Wildman–Crippen LogP) is 9.71. The molecule has 8 aromatic rings. The summed E-state index contributed by atoms with van der Waals surface area (Å²) in [6, 6.07) is 64.3. The zero-order valence-electron chi connectivity index (χ0n) is 43.5. The number of hydrogen-bond donors (Lipinski definition) is 2. The first-order chi connectivity index (χ1) is 39.0. The highest BCUT2D eigenvalue weighted by atomic mass is 32.2. The van der Waals surface area contributed by atoms with Crippen LogP contribution in [0.2, 0.25) is 0 Å². The van der Waals surface area contributed by atoms with Crippen LogP contribution in [0.1, 0.15) is 44.6 Å². The number of amides is 2. The molecular weight excluding hydrogens is 1070 g/mol. The van der Waals surface area contributed by atoms with Crippen LogP contribution in [0.5, 0.6) is 5.75 Å². The van der Waals surface area contributed by atoms with Crippen molar-refractivity contribution >= 4 is 67.8 Å². The fourth-order valence-corrected chi connectivity index (χ4v) is 13.3. The maximum absolute atomic E-state index is 14.4. The second kappa shape index (κ2) is 24.4. The van der Waals surface area contributed by atoms with Gasteiger partial charge < -0.3 is 29.8 Å². The number of fused-ring (bicyclic) bond motifs is 1. The zero-order chi connectivity index (χ0) is 55.5. The Morgan fingerprint density at radius 3 is 1.70 bits per heavy atom. The van der Waals surface area contributed by atoms with E-state index in [-0.39, 0.29) is 35.0 Å². The number of benzene rings is 7. The minimum absolute atomic E-state index is 0.00587. The molecule has 0 bridgehead atoms. The molecule has 0 saturated carbocycles. The van der Waals surface area contributed by atoms with Crippen molar-refractivity contribution in [2.24, 2.45) is 10.3 Å². The van der Waals surface area contributed by atoms with Crippen molar-refractivity contribution in [1.82, 2.24) is 15.2 Å². The van der Waals surface area contributed by atoms with Gasteiger partial charge in [0.1, 0.15) is 47.8 Å². The average molecular weight is 1120 g/mol. The maximum atomic E-state index is 14.4. The summed E-state index contributed by atoms with van der Waals surface area (Å²) in [5, 5.41) is 16.2. The van der Waals surface area contributed by atoms with Gasteiger partial charge in [0.05, 0.1) is 24.8 Å². The third-order valence-electron chi connectivity index (χ3n) is 13.6. The van der Waals surface area contributed by atoms with E-state index < -0.39 is 61.7 Å². The molecule has 0 radical (unpaired) electrons. The van der Waals surface area contributed by atoms with Crippen molar-refractivity contribution in [1.29, 1.82) is 0 Å². The third-order valence-corrected chi connectivity index (χ3v) is 17.2. The van der Waals surface area contributed by atoms with Crippen molar-refractivity contribution in [2.75, 3.05) is 36.8 Å². The first-order valence-corrected chi connectivity index (χ1v) is 29.2. The van der Waals surface area contributed by atoms with Gasteiger partial charge in [-0.05, 0) is 40.0 Å². The summed E-state index contributed by atoms with van der Waals surface area (Å²) >= 11 is 2.46. The molecule has 18 heteroatoms.